The number of nitrogens with one attached hydrogen (secondary N) is 1. The molecule has 0 bridgehead atoms. The van der Waals surface area contributed by atoms with Gasteiger partial charge in [0.25, 0.3) is 0 Å². The molecule has 4 heterocycles. The summed E-state index contributed by atoms with van der Waals surface area (Å²) in [5, 5.41) is 4.23. The van der Waals surface area contributed by atoms with Gasteiger partial charge in [0.15, 0.2) is 0 Å². The van der Waals surface area contributed by atoms with E-state index < -0.39 is 0 Å². The molecule has 4 atom stereocenters. The summed E-state index contributed by atoms with van der Waals surface area (Å²) >= 11 is 8.10. The molecule has 2 aliphatic heterocycles. The second kappa shape index (κ2) is 8.62. The Kier molecular flexibility index (Phi) is 5.67. The maximum absolute atomic E-state index is 12.5. The number of carbonyl (C=O) groups is 2. The summed E-state index contributed by atoms with van der Waals surface area (Å²) in [7, 11) is 0. The lowest BCUT2D eigenvalue weighted by Crippen LogP contribution is -2.53. The number of amides is 2. The van der Waals surface area contributed by atoms with Gasteiger partial charge in [0.1, 0.15) is 6.33 Å². The van der Waals surface area contributed by atoms with Crippen LogP contribution in [0.1, 0.15) is 36.3 Å². The third kappa shape index (κ3) is 4.06. The van der Waals surface area contributed by atoms with Crippen molar-refractivity contribution in [3.05, 3.63) is 45.6 Å². The lowest BCUT2D eigenvalue weighted by molar-refractivity contribution is -0.141. The highest BCUT2D eigenvalue weighted by Gasteiger charge is 2.58. The van der Waals surface area contributed by atoms with Crippen molar-refractivity contribution in [1.29, 1.82) is 0 Å². The molecule has 1 aromatic carbocycles. The fourth-order valence-corrected chi connectivity index (χ4v) is 6.82. The molecule has 2 unspecified atom stereocenters. The van der Waals surface area contributed by atoms with Gasteiger partial charge < -0.3 is 5.32 Å². The second-order valence-corrected chi connectivity index (χ2v) is 11.8. The topological polar surface area (TPSA) is 78.4 Å². The highest BCUT2D eigenvalue weighted by molar-refractivity contribution is 7.19. The van der Waals surface area contributed by atoms with Crippen LogP contribution in [0.4, 0.5) is 0 Å². The first-order chi connectivity index (χ1) is 16.8. The molecule has 9 heteroatoms. The molecule has 1 saturated carbocycles. The van der Waals surface area contributed by atoms with Crippen LogP contribution < -0.4 is 5.32 Å². The number of carbonyl (C=O) groups excluding carboxylic acids is 2. The molecule has 6 rings (SSSR count). The van der Waals surface area contributed by atoms with Crippen LogP contribution in [0.2, 0.25) is 5.02 Å². The molecule has 2 aromatic heterocycles. The molecule has 1 aliphatic carbocycles. The van der Waals surface area contributed by atoms with Crippen molar-refractivity contribution in [3.63, 3.8) is 0 Å². The third-order valence-electron chi connectivity index (χ3n) is 7.58. The van der Waals surface area contributed by atoms with E-state index in [9.17, 15) is 9.59 Å². The molecule has 3 aliphatic rings. The first-order valence-electron chi connectivity index (χ1n) is 12.2. The Balaban J connectivity index is 1.38. The number of halogens is 1. The molecule has 0 spiro atoms. The number of aryl methyl sites for hydroxylation is 1. The van der Waals surface area contributed by atoms with Crippen molar-refractivity contribution in [3.8, 4) is 11.3 Å². The zero-order valence-electron chi connectivity index (χ0n) is 20.0. The van der Waals surface area contributed by atoms with Crippen LogP contribution in [-0.2, 0) is 22.7 Å². The molecule has 182 valence electrons. The zero-order chi connectivity index (χ0) is 24.4. The van der Waals surface area contributed by atoms with Gasteiger partial charge in [-0.05, 0) is 56.5 Å². The van der Waals surface area contributed by atoms with Crippen LogP contribution in [-0.4, -0.2) is 56.8 Å². The van der Waals surface area contributed by atoms with Crippen LogP contribution in [0.15, 0.2) is 24.5 Å². The number of benzene rings is 1. The number of hydrogen-bond donors (Lipinski definition) is 1. The van der Waals surface area contributed by atoms with Gasteiger partial charge in [-0.25, -0.2) is 9.97 Å². The fourth-order valence-electron chi connectivity index (χ4n) is 5.45. The van der Waals surface area contributed by atoms with E-state index in [1.807, 2.05) is 18.2 Å². The van der Waals surface area contributed by atoms with Crippen molar-refractivity contribution in [2.45, 2.75) is 52.4 Å². The maximum Gasteiger partial charge on any atom is 0.233 e. The van der Waals surface area contributed by atoms with Crippen LogP contribution >= 0.6 is 22.9 Å². The number of imide groups is 1. The molecule has 2 saturated heterocycles. The van der Waals surface area contributed by atoms with Gasteiger partial charge in [0.2, 0.25) is 11.8 Å². The Morgan fingerprint density at radius 3 is 2.66 bits per heavy atom. The van der Waals surface area contributed by atoms with Gasteiger partial charge in [-0.3, -0.25) is 19.4 Å². The smallest absolute Gasteiger partial charge is 0.233 e. The summed E-state index contributed by atoms with van der Waals surface area (Å²) in [5.41, 5.74) is 5.05. The SMILES string of the molecule is Cc1cc(Cl)cc(-c2ncnc3cc(CN4C(=O)C5CC5C4=O)sc23)c1CN1C[C@@H](C)NC[C@@H]1C. The quantitative estimate of drug-likeness (QED) is 0.524. The van der Waals surface area contributed by atoms with E-state index in [2.05, 4.69) is 36.0 Å². The molecule has 2 amide bonds. The number of fused-ring (bicyclic) bond motifs is 2. The van der Waals surface area contributed by atoms with Crippen molar-refractivity contribution in [2.24, 2.45) is 11.8 Å². The first kappa shape index (κ1) is 23.0. The zero-order valence-corrected chi connectivity index (χ0v) is 21.6. The number of rotatable bonds is 5. The Bertz CT molecular complexity index is 1340. The van der Waals surface area contributed by atoms with Crippen molar-refractivity contribution in [2.75, 3.05) is 13.1 Å². The largest absolute Gasteiger partial charge is 0.311 e. The van der Waals surface area contributed by atoms with Gasteiger partial charge in [0.05, 0.1) is 34.3 Å². The maximum atomic E-state index is 12.5. The number of aromatic nitrogens is 2. The molecule has 7 nitrogen and oxygen atoms in total. The van der Waals surface area contributed by atoms with E-state index in [1.165, 1.54) is 10.5 Å². The molecule has 35 heavy (non-hydrogen) atoms. The number of piperazine rings is 1. The van der Waals surface area contributed by atoms with Gasteiger partial charge in [0, 0.05) is 47.2 Å². The summed E-state index contributed by atoms with van der Waals surface area (Å²) in [6.07, 6.45) is 2.31. The van der Waals surface area contributed by atoms with Crippen LogP contribution in [0.5, 0.6) is 0 Å². The van der Waals surface area contributed by atoms with E-state index in [1.54, 1.807) is 17.7 Å². The van der Waals surface area contributed by atoms with Crippen molar-refractivity contribution >= 4 is 45.0 Å². The molecular formula is C26H28ClN5O2S. The molecule has 1 N–H and O–H groups in total. The number of likely N-dealkylation sites (tertiary alicyclic amines) is 1. The minimum Gasteiger partial charge on any atom is -0.311 e. The minimum absolute atomic E-state index is 0.0316. The standard InChI is InChI=1S/C26H28ClN5O2S/c1-13-4-16(27)5-18(21(13)11-31-9-14(2)28-8-15(31)3)23-24-22(29-12-30-23)6-17(35-24)10-32-25(33)19-7-20(19)26(32)34/h4-6,12,14-15,19-20,28H,7-11H2,1-3H3/t14-,15+,19?,20?/m1/s1. The third-order valence-corrected chi connectivity index (χ3v) is 8.91. The van der Waals surface area contributed by atoms with Crippen LogP contribution in [0, 0.1) is 18.8 Å². The van der Waals surface area contributed by atoms with Gasteiger partial charge in [-0.1, -0.05) is 11.6 Å². The Morgan fingerprint density at radius 1 is 1.11 bits per heavy atom. The number of piperidine rings is 1. The van der Waals surface area contributed by atoms with Crippen LogP contribution in [0.3, 0.4) is 0 Å². The average Bonchev–Trinajstić information content (AvgIpc) is 3.46. The number of hydrogen-bond acceptors (Lipinski definition) is 7. The fraction of sp³-hybridized carbons (Fsp3) is 0.462. The Hall–Kier alpha value is -2.39. The summed E-state index contributed by atoms with van der Waals surface area (Å²) in [4.78, 5) is 39.0. The lowest BCUT2D eigenvalue weighted by Gasteiger charge is -2.38. The average molecular weight is 510 g/mol. The number of nitrogens with zero attached hydrogens (tertiary/aromatic N) is 4. The van der Waals surface area contributed by atoms with E-state index in [4.69, 9.17) is 16.6 Å². The summed E-state index contributed by atoms with van der Waals surface area (Å²) in [5.74, 6) is -0.231. The van der Waals surface area contributed by atoms with E-state index in [0.717, 1.165) is 58.0 Å². The second-order valence-electron chi connectivity index (χ2n) is 10.2. The monoisotopic (exact) mass is 509 g/mol. The van der Waals surface area contributed by atoms with E-state index in [0.29, 0.717) is 23.7 Å². The Morgan fingerprint density at radius 2 is 1.89 bits per heavy atom. The lowest BCUT2D eigenvalue weighted by atomic mass is 9.97. The highest BCUT2D eigenvalue weighted by Crippen LogP contribution is 2.48. The first-order valence-corrected chi connectivity index (χ1v) is 13.3. The molecule has 3 aromatic rings. The normalized spacial score (nSPS) is 26.6. The Labute approximate surface area is 213 Å². The molecular weight excluding hydrogens is 482 g/mol. The van der Waals surface area contributed by atoms with Gasteiger partial charge in [-0.2, -0.15) is 0 Å². The van der Waals surface area contributed by atoms with Crippen molar-refractivity contribution in [1.82, 2.24) is 25.1 Å². The highest BCUT2D eigenvalue weighted by atomic mass is 35.5. The van der Waals surface area contributed by atoms with Gasteiger partial charge >= 0.3 is 0 Å². The summed E-state index contributed by atoms with van der Waals surface area (Å²) < 4.78 is 0.955. The predicted octanol–water partition coefficient (Wildman–Crippen LogP) is 4.01. The number of thiophene rings is 1. The van der Waals surface area contributed by atoms with Crippen LogP contribution in [0.25, 0.3) is 21.5 Å². The minimum atomic E-state index is -0.0840. The van der Waals surface area contributed by atoms with E-state index in [-0.39, 0.29) is 23.7 Å². The van der Waals surface area contributed by atoms with E-state index >= 15 is 0 Å². The molecule has 3 fully saturated rings. The van der Waals surface area contributed by atoms with Gasteiger partial charge in [-0.15, -0.1) is 11.3 Å². The van der Waals surface area contributed by atoms with Crippen molar-refractivity contribution < 1.29 is 9.59 Å². The predicted molar refractivity (Wildman–Crippen MR) is 137 cm³/mol. The summed E-state index contributed by atoms with van der Waals surface area (Å²) in [6.45, 7) is 9.64. The molecule has 0 radical (unpaired) electrons. The summed E-state index contributed by atoms with van der Waals surface area (Å²) in [6, 6.07) is 6.87.